The van der Waals surface area contributed by atoms with Gasteiger partial charge in [-0.3, -0.25) is 0 Å². The van der Waals surface area contributed by atoms with E-state index >= 15 is 0 Å². The van der Waals surface area contributed by atoms with Gasteiger partial charge in [-0.1, -0.05) is 102 Å². The molecule has 0 bridgehead atoms. The molecule has 24 heteroatoms. The van der Waals surface area contributed by atoms with Gasteiger partial charge >= 0.3 is 6.09 Å². The highest BCUT2D eigenvalue weighted by Crippen LogP contribution is 2.36. The lowest BCUT2D eigenvalue weighted by Crippen LogP contribution is -2.39. The first-order chi connectivity index (χ1) is 38.0. The zero-order chi connectivity index (χ0) is 53.9. The Balaban J connectivity index is 0.000000182. The van der Waals surface area contributed by atoms with Crippen molar-refractivity contribution in [3.8, 4) is 11.5 Å². The Morgan fingerprint density at radius 2 is 1.06 bits per heavy atom. The molecule has 2 aliphatic heterocycles. The van der Waals surface area contributed by atoms with Gasteiger partial charge in [-0.05, 0) is 90.9 Å². The third kappa shape index (κ3) is 12.9. The Bertz CT molecular complexity index is 3580. The van der Waals surface area contributed by atoms with Crippen LogP contribution in [-0.4, -0.2) is 111 Å². The average Bonchev–Trinajstić information content (AvgIpc) is 4.33. The molecule has 2 aliphatic rings. The molecule has 1 amide bonds. The second-order valence-electron chi connectivity index (χ2n) is 18.6. The van der Waals surface area contributed by atoms with Crippen molar-refractivity contribution in [3.05, 3.63) is 168 Å². The zero-order valence-electron chi connectivity index (χ0n) is 42.4. The molecule has 406 valence electrons. The molecular formula is C54H58N12O10S2. The quantitative estimate of drug-likeness (QED) is 0.0568. The van der Waals surface area contributed by atoms with Crippen LogP contribution in [0.5, 0.6) is 11.5 Å². The predicted octanol–water partition coefficient (Wildman–Crippen LogP) is 7.55. The van der Waals surface area contributed by atoms with Crippen molar-refractivity contribution in [2.24, 2.45) is 5.73 Å². The maximum absolute atomic E-state index is 13.6. The van der Waals surface area contributed by atoms with Crippen LogP contribution in [0.3, 0.4) is 0 Å². The summed E-state index contributed by atoms with van der Waals surface area (Å²) >= 11 is 0. The molecule has 6 heterocycles. The van der Waals surface area contributed by atoms with Crippen LogP contribution in [0.1, 0.15) is 90.7 Å². The first-order valence-corrected chi connectivity index (χ1v) is 28.5. The van der Waals surface area contributed by atoms with Crippen LogP contribution < -0.4 is 20.5 Å². The smallest absolute Gasteiger partial charge is 0.407 e. The van der Waals surface area contributed by atoms with Crippen LogP contribution in [0.15, 0.2) is 147 Å². The number of amides is 1. The third-order valence-electron chi connectivity index (χ3n) is 13.1. The number of nitrogens with two attached hydrogens (primary N) is 1. The molecule has 11 rings (SSSR count). The first kappa shape index (κ1) is 53.4. The monoisotopic (exact) mass is 1100 g/mol. The van der Waals surface area contributed by atoms with Gasteiger partial charge in [0.1, 0.15) is 31.3 Å². The Hall–Kier alpha value is -8.03. The van der Waals surface area contributed by atoms with Crippen molar-refractivity contribution in [3.63, 3.8) is 0 Å². The van der Waals surface area contributed by atoms with E-state index in [1.807, 2.05) is 103 Å². The summed E-state index contributed by atoms with van der Waals surface area (Å²) in [6.45, 7) is 2.42. The molecule has 4 aromatic heterocycles. The number of H-pyrrole nitrogens is 2. The molecular weight excluding hydrogens is 1040 g/mol. The summed E-state index contributed by atoms with van der Waals surface area (Å²) in [6, 6.07) is 37.9. The molecule has 2 saturated heterocycles. The van der Waals surface area contributed by atoms with Crippen LogP contribution in [0.2, 0.25) is 0 Å². The molecule has 0 spiro atoms. The largest absolute Gasteiger partial charge is 0.492 e. The van der Waals surface area contributed by atoms with Crippen LogP contribution in [0.25, 0.3) is 22.1 Å². The summed E-state index contributed by atoms with van der Waals surface area (Å²) in [7, 11) is -7.76. The highest BCUT2D eigenvalue weighted by atomic mass is 32.2. The fourth-order valence-electron chi connectivity index (χ4n) is 9.21. The van der Waals surface area contributed by atoms with Crippen LogP contribution in [-0.2, 0) is 44.2 Å². The zero-order valence-corrected chi connectivity index (χ0v) is 44.1. The first-order valence-electron chi connectivity index (χ1n) is 25.7. The number of nitrogens with one attached hydrogen (secondary N) is 3. The number of fused-ring (bicyclic) bond motifs is 2. The molecule has 78 heavy (non-hydrogen) atoms. The molecule has 9 aromatic rings. The minimum atomic E-state index is -3.90. The van der Waals surface area contributed by atoms with E-state index < -0.39 is 38.2 Å². The lowest BCUT2D eigenvalue weighted by molar-refractivity contribution is 0.137. The van der Waals surface area contributed by atoms with E-state index in [0.717, 1.165) is 48.1 Å². The molecule has 0 aliphatic carbocycles. The Labute approximate surface area is 449 Å². The van der Waals surface area contributed by atoms with Crippen LogP contribution in [0.4, 0.5) is 4.79 Å². The van der Waals surface area contributed by atoms with E-state index in [1.54, 1.807) is 24.3 Å². The van der Waals surface area contributed by atoms with Gasteiger partial charge in [-0.25, -0.2) is 31.6 Å². The Kier molecular flexibility index (Phi) is 16.8. The van der Waals surface area contributed by atoms with Crippen molar-refractivity contribution in [2.75, 3.05) is 39.4 Å². The molecule has 22 nitrogen and oxygen atoms in total. The molecule has 2 unspecified atom stereocenters. The summed E-state index contributed by atoms with van der Waals surface area (Å²) in [4.78, 5) is 35.5. The lowest BCUT2D eigenvalue weighted by Gasteiger charge is -2.31. The number of nitrogens with zero attached hydrogens (tertiary/aromatic N) is 8. The minimum Gasteiger partial charge on any atom is -0.492 e. The Morgan fingerprint density at radius 1 is 0.590 bits per heavy atom. The van der Waals surface area contributed by atoms with Crippen molar-refractivity contribution in [1.29, 1.82) is 0 Å². The summed E-state index contributed by atoms with van der Waals surface area (Å²) < 4.78 is 84.4. The number of rotatable bonds is 19. The number of hydrogen-bond donors (Lipinski definition) is 4. The number of alkyl carbamates (subject to hydrolysis) is 1. The summed E-state index contributed by atoms with van der Waals surface area (Å²) in [6.07, 6.45) is 4.75. The number of imidazole rings is 2. The Morgan fingerprint density at radius 3 is 1.55 bits per heavy atom. The van der Waals surface area contributed by atoms with Gasteiger partial charge in [0.25, 0.3) is 20.0 Å². The molecule has 5 N–H and O–H groups in total. The standard InChI is InChI=1S/C31H32N6O6S.C23H26N6O4S/c38-31(42-21-23-8-2-1-3-9-23)32-17-19-41-24-15-13-22(14-16-24)20-28-35-29(36-43-28)27-12-6-7-18-37(27)44(39,40)30-33-25-10-4-5-11-26(25)34-30;24-12-14-32-17-10-8-16(9-11-17)15-21-27-22(28-33-21)20-7-3-4-13-29(20)34(30,31)23-25-18-5-1-2-6-19(18)26-23/h1-5,8-11,13-16,27H,6-7,12,17-21H2,(H,32,38)(H,33,34);1-2,5-6,8-11,20H,3-4,7,12-15,24H2,(H,25,26). The number of aromatic amines is 2. The number of carbonyl (C=O) groups excluding carboxylic acids is 1. The lowest BCUT2D eigenvalue weighted by atomic mass is 10.0. The van der Waals surface area contributed by atoms with Gasteiger partial charge in [0, 0.05) is 19.6 Å². The van der Waals surface area contributed by atoms with E-state index in [-0.39, 0.29) is 23.5 Å². The number of carbonyl (C=O) groups is 1. The highest BCUT2D eigenvalue weighted by Gasteiger charge is 2.40. The molecule has 0 radical (unpaired) electrons. The van der Waals surface area contributed by atoms with E-state index in [2.05, 4.69) is 45.5 Å². The second-order valence-corrected chi connectivity index (χ2v) is 22.2. The molecule has 2 atom stereocenters. The number of ether oxygens (including phenoxy) is 3. The van der Waals surface area contributed by atoms with Gasteiger partial charge in [-0.15, -0.1) is 0 Å². The van der Waals surface area contributed by atoms with Crippen molar-refractivity contribution in [1.82, 2.24) is 54.1 Å². The number of hydrogen-bond acceptors (Lipinski definition) is 17. The van der Waals surface area contributed by atoms with Crippen LogP contribution in [0, 0.1) is 0 Å². The third-order valence-corrected chi connectivity index (χ3v) is 16.6. The fraction of sp³-hybridized carbons (Fsp3) is 0.315. The summed E-state index contributed by atoms with van der Waals surface area (Å²) in [5.74, 6) is 2.92. The number of aromatic nitrogens is 8. The van der Waals surface area contributed by atoms with Gasteiger partial charge < -0.3 is 44.3 Å². The minimum absolute atomic E-state index is 0.0683. The van der Waals surface area contributed by atoms with Crippen molar-refractivity contribution < 1.29 is 44.9 Å². The van der Waals surface area contributed by atoms with Gasteiger partial charge in [0.2, 0.25) is 22.1 Å². The number of benzene rings is 5. The van der Waals surface area contributed by atoms with E-state index in [1.165, 1.54) is 8.61 Å². The summed E-state index contributed by atoms with van der Waals surface area (Å²) in [5.41, 5.74) is 10.8. The second kappa shape index (κ2) is 24.5. The van der Waals surface area contributed by atoms with Gasteiger partial charge in [0.15, 0.2) is 11.6 Å². The normalized spacial score (nSPS) is 16.4. The van der Waals surface area contributed by atoms with Crippen molar-refractivity contribution >= 4 is 48.2 Å². The predicted molar refractivity (Wildman–Crippen MR) is 285 cm³/mol. The molecule has 2 fully saturated rings. The van der Waals surface area contributed by atoms with Crippen LogP contribution >= 0.6 is 0 Å². The van der Waals surface area contributed by atoms with Gasteiger partial charge in [-0.2, -0.15) is 18.6 Å². The van der Waals surface area contributed by atoms with Crippen molar-refractivity contribution in [2.45, 2.75) is 80.4 Å². The highest BCUT2D eigenvalue weighted by molar-refractivity contribution is 7.89. The summed E-state index contributed by atoms with van der Waals surface area (Å²) in [5, 5.41) is 10.8. The number of para-hydroxylation sites is 4. The topological polar surface area (TPSA) is 293 Å². The average molecular weight is 1100 g/mol. The van der Waals surface area contributed by atoms with E-state index in [4.69, 9.17) is 29.0 Å². The van der Waals surface area contributed by atoms with E-state index in [9.17, 15) is 21.6 Å². The maximum atomic E-state index is 13.6. The SMILES string of the molecule is NCCOc1ccc(Cc2nc(C3CCCCN3S(=O)(=O)c3nc4ccccc4[nH]3)no2)cc1.O=C(NCCOc1ccc(Cc2nc(C3CCCCN3S(=O)(=O)c3nc4ccccc4[nH]3)no2)cc1)OCc1ccccc1. The maximum Gasteiger partial charge on any atom is 0.407 e. The molecule has 0 saturated carbocycles. The van der Waals surface area contributed by atoms with E-state index in [0.29, 0.717) is 110 Å². The number of sulfonamides is 2. The molecule has 5 aromatic carbocycles. The van der Waals surface area contributed by atoms with Gasteiger partial charge in [0.05, 0.1) is 53.5 Å². The fourth-order valence-corrected chi connectivity index (χ4v) is 12.4. The number of piperidine rings is 2.